The molecule has 4 aromatic rings. The molecule has 8 nitrogen and oxygen atoms in total. The number of hydrogen-bond donors (Lipinski definition) is 2. The first kappa shape index (κ1) is 26.9. The number of rotatable bonds is 7. The molecule has 1 aliphatic carbocycles. The van der Waals surface area contributed by atoms with E-state index < -0.39 is 29.9 Å². The number of carbonyl (C=O) groups excluding carboxylic acids is 1. The van der Waals surface area contributed by atoms with Gasteiger partial charge in [0, 0.05) is 5.56 Å². The lowest BCUT2D eigenvalue weighted by atomic mass is 10.0. The summed E-state index contributed by atoms with van der Waals surface area (Å²) in [6, 6.07) is 20.0. The summed E-state index contributed by atoms with van der Waals surface area (Å²) in [5.41, 5.74) is 2.83. The number of hydrogen-bond acceptors (Lipinski definition) is 5. The molecular weight excluding hydrogens is 525 g/mol. The number of aliphatic carboxylic acids is 1. The molecule has 206 valence electrons. The highest BCUT2D eigenvalue weighted by atomic mass is 19.4. The average Bonchev–Trinajstić information content (AvgIpc) is 3.66. The van der Waals surface area contributed by atoms with Gasteiger partial charge in [-0.1, -0.05) is 59.8 Å². The van der Waals surface area contributed by atoms with E-state index in [0.717, 1.165) is 22.8 Å². The fourth-order valence-electron chi connectivity index (χ4n) is 4.70. The van der Waals surface area contributed by atoms with E-state index >= 15 is 0 Å². The van der Waals surface area contributed by atoms with E-state index in [1.165, 1.54) is 29.8 Å². The zero-order valence-electron chi connectivity index (χ0n) is 21.5. The van der Waals surface area contributed by atoms with E-state index in [2.05, 4.69) is 15.6 Å². The van der Waals surface area contributed by atoms with Gasteiger partial charge in [0.25, 0.3) is 0 Å². The molecule has 0 saturated heterocycles. The van der Waals surface area contributed by atoms with Crippen LogP contribution in [-0.4, -0.2) is 32.2 Å². The van der Waals surface area contributed by atoms with Crippen LogP contribution < -0.4 is 5.32 Å². The Balaban J connectivity index is 1.28. The number of alkyl halides is 3. The molecule has 0 spiro atoms. The maximum Gasteiger partial charge on any atom is 0.416 e. The van der Waals surface area contributed by atoms with Crippen molar-refractivity contribution < 1.29 is 32.6 Å². The number of aromatic nitrogens is 3. The van der Waals surface area contributed by atoms with E-state index in [-0.39, 0.29) is 23.2 Å². The number of benzene rings is 3. The Bertz CT molecular complexity index is 1550. The van der Waals surface area contributed by atoms with Crippen molar-refractivity contribution in [3.8, 4) is 16.8 Å². The third-order valence-corrected chi connectivity index (χ3v) is 6.94. The van der Waals surface area contributed by atoms with E-state index in [4.69, 9.17) is 9.84 Å². The smallest absolute Gasteiger partial charge is 0.416 e. The minimum Gasteiger partial charge on any atom is -0.481 e. The molecule has 3 aromatic carbocycles. The quantitative estimate of drug-likeness (QED) is 0.263. The van der Waals surface area contributed by atoms with E-state index in [0.29, 0.717) is 17.8 Å². The largest absolute Gasteiger partial charge is 0.481 e. The first-order valence-corrected chi connectivity index (χ1v) is 12.5. The number of carboxylic acid groups (broad SMARTS) is 1. The van der Waals surface area contributed by atoms with Gasteiger partial charge in [-0.15, -0.1) is 5.10 Å². The van der Waals surface area contributed by atoms with Gasteiger partial charge in [0.05, 0.1) is 17.2 Å². The minimum atomic E-state index is -4.58. The number of anilines is 1. The van der Waals surface area contributed by atoms with Crippen LogP contribution in [0.1, 0.15) is 47.8 Å². The molecule has 1 aliphatic rings. The fraction of sp³-hybridized carbons (Fsp3) is 0.241. The van der Waals surface area contributed by atoms with Crippen LogP contribution in [0.25, 0.3) is 16.8 Å². The van der Waals surface area contributed by atoms with Crippen molar-refractivity contribution in [2.45, 2.75) is 38.5 Å². The Hall–Kier alpha value is -4.67. The summed E-state index contributed by atoms with van der Waals surface area (Å²) in [5, 5.41) is 19.8. The number of carbonyl (C=O) groups is 2. The molecule has 2 N–H and O–H groups in total. The zero-order valence-corrected chi connectivity index (χ0v) is 21.5. The highest BCUT2D eigenvalue weighted by Crippen LogP contribution is 2.47. The molecular formula is C29H25F3N4O4. The van der Waals surface area contributed by atoms with Crippen molar-refractivity contribution in [2.24, 2.45) is 5.92 Å². The van der Waals surface area contributed by atoms with Gasteiger partial charge in [0.1, 0.15) is 11.8 Å². The Morgan fingerprint density at radius 3 is 2.25 bits per heavy atom. The second-order valence-electron chi connectivity index (χ2n) is 9.65. The van der Waals surface area contributed by atoms with Gasteiger partial charge in [0.15, 0.2) is 5.82 Å². The fourth-order valence-corrected chi connectivity index (χ4v) is 4.70. The standard InChI is InChI=1S/C29H25F3N4O4/c1-16-26(33-28(39)40-17(2)22-5-3-4-6-25(22)29(30,31)32)36(35-34-16)21-13-11-19(12-14-21)18-7-9-20(10-8-18)23-15-24(23)27(37)38/h3-14,17,23-24H,15H2,1-2H3,(H,33,39)(H,37,38)/t17-,23?,24?/m1/s1. The average molecular weight is 551 g/mol. The molecule has 2 unspecified atom stereocenters. The predicted molar refractivity (Wildman–Crippen MR) is 140 cm³/mol. The number of amides is 1. The second-order valence-corrected chi connectivity index (χ2v) is 9.65. The van der Waals surface area contributed by atoms with E-state index in [9.17, 15) is 22.8 Å². The normalized spacial score (nSPS) is 17.2. The van der Waals surface area contributed by atoms with Crippen molar-refractivity contribution in [1.82, 2.24) is 15.0 Å². The summed E-state index contributed by atoms with van der Waals surface area (Å²) in [6.45, 7) is 3.00. The van der Waals surface area contributed by atoms with Crippen LogP contribution in [0, 0.1) is 12.8 Å². The number of nitrogens with zero attached hydrogens (tertiary/aromatic N) is 3. The monoisotopic (exact) mass is 550 g/mol. The Labute approximate surface area is 227 Å². The molecule has 1 amide bonds. The van der Waals surface area contributed by atoms with Crippen LogP contribution in [0.15, 0.2) is 72.8 Å². The molecule has 0 radical (unpaired) electrons. The van der Waals surface area contributed by atoms with Gasteiger partial charge in [-0.25, -0.2) is 4.79 Å². The van der Waals surface area contributed by atoms with Crippen LogP contribution in [0.2, 0.25) is 0 Å². The van der Waals surface area contributed by atoms with Crippen LogP contribution >= 0.6 is 0 Å². The van der Waals surface area contributed by atoms with Gasteiger partial charge in [-0.05, 0) is 61.1 Å². The van der Waals surface area contributed by atoms with Gasteiger partial charge in [-0.2, -0.15) is 17.9 Å². The van der Waals surface area contributed by atoms with Crippen molar-refractivity contribution in [1.29, 1.82) is 0 Å². The topological polar surface area (TPSA) is 106 Å². The molecule has 11 heteroatoms. The summed E-state index contributed by atoms with van der Waals surface area (Å²) in [7, 11) is 0. The van der Waals surface area contributed by atoms with Gasteiger partial charge in [0.2, 0.25) is 0 Å². The molecule has 3 atom stereocenters. The SMILES string of the molecule is Cc1nnn(-c2ccc(-c3ccc(C4CC4C(=O)O)cc3)cc2)c1NC(=O)O[C@H](C)c1ccccc1C(F)(F)F. The Morgan fingerprint density at radius 1 is 1.02 bits per heavy atom. The van der Waals surface area contributed by atoms with Crippen molar-refractivity contribution in [2.75, 3.05) is 5.32 Å². The lowest BCUT2D eigenvalue weighted by Crippen LogP contribution is -2.20. The van der Waals surface area contributed by atoms with E-state index in [1.54, 1.807) is 19.1 Å². The van der Waals surface area contributed by atoms with Gasteiger partial charge < -0.3 is 9.84 Å². The summed E-state index contributed by atoms with van der Waals surface area (Å²) < 4.78 is 46.8. The maximum atomic E-state index is 13.4. The first-order valence-electron chi connectivity index (χ1n) is 12.5. The molecule has 1 saturated carbocycles. The number of aryl methyl sites for hydroxylation is 1. The molecule has 1 heterocycles. The number of ether oxygens (including phenoxy) is 1. The van der Waals surface area contributed by atoms with Gasteiger partial charge >= 0.3 is 18.2 Å². The Kier molecular flexibility index (Phi) is 7.05. The van der Waals surface area contributed by atoms with Crippen molar-refractivity contribution in [3.05, 3.63) is 95.2 Å². The number of halogens is 3. The second kappa shape index (κ2) is 10.5. The lowest BCUT2D eigenvalue weighted by molar-refractivity contribution is -0.139. The van der Waals surface area contributed by atoms with Crippen LogP contribution in [-0.2, 0) is 15.7 Å². The third-order valence-electron chi connectivity index (χ3n) is 6.94. The predicted octanol–water partition coefficient (Wildman–Crippen LogP) is 6.76. The van der Waals surface area contributed by atoms with Crippen molar-refractivity contribution >= 4 is 17.9 Å². The molecule has 40 heavy (non-hydrogen) atoms. The molecule has 0 bridgehead atoms. The third kappa shape index (κ3) is 5.54. The minimum absolute atomic E-state index is 0.0597. The van der Waals surface area contributed by atoms with E-state index in [1.807, 2.05) is 36.4 Å². The molecule has 1 aromatic heterocycles. The lowest BCUT2D eigenvalue weighted by Gasteiger charge is -2.19. The van der Waals surface area contributed by atoms with Crippen LogP contribution in [0.3, 0.4) is 0 Å². The van der Waals surface area contributed by atoms with Gasteiger partial charge in [-0.3, -0.25) is 10.1 Å². The number of carboxylic acids is 1. The van der Waals surface area contributed by atoms with Crippen molar-refractivity contribution in [3.63, 3.8) is 0 Å². The highest BCUT2D eigenvalue weighted by Gasteiger charge is 2.44. The van der Waals surface area contributed by atoms with Crippen LogP contribution in [0.4, 0.5) is 23.8 Å². The molecule has 5 rings (SSSR count). The van der Waals surface area contributed by atoms with Crippen LogP contribution in [0.5, 0.6) is 0 Å². The summed E-state index contributed by atoms with van der Waals surface area (Å²) >= 11 is 0. The Morgan fingerprint density at radius 2 is 1.65 bits per heavy atom. The molecule has 1 fully saturated rings. The summed E-state index contributed by atoms with van der Waals surface area (Å²) in [6.07, 6.45) is -6.04. The first-order chi connectivity index (χ1) is 19.0. The zero-order chi connectivity index (χ0) is 28.6. The molecule has 0 aliphatic heterocycles. The highest BCUT2D eigenvalue weighted by molar-refractivity contribution is 5.84. The summed E-state index contributed by atoms with van der Waals surface area (Å²) in [5.74, 6) is -0.799. The maximum absolute atomic E-state index is 13.4. The number of nitrogens with one attached hydrogen (secondary N) is 1. The summed E-state index contributed by atoms with van der Waals surface area (Å²) in [4.78, 5) is 23.8.